The Morgan fingerprint density at radius 2 is 1.63 bits per heavy atom. The van der Waals surface area contributed by atoms with Crippen LogP contribution < -0.4 is 36.0 Å². The summed E-state index contributed by atoms with van der Waals surface area (Å²) in [4.78, 5) is 53.4. The molecule has 5 aliphatic heterocycles. The Bertz CT molecular complexity index is 2840. The van der Waals surface area contributed by atoms with Crippen molar-refractivity contribution < 1.29 is 31.9 Å². The van der Waals surface area contributed by atoms with E-state index < -0.39 is 35.9 Å². The number of nitrogens with one attached hydrogen (secondary N) is 3. The topological polar surface area (TPSA) is 155 Å². The normalized spacial score (nSPS) is 23.5. The average molecular weight is 926 g/mol. The molecule has 2 amide bonds. The molecular weight excluding hydrogens is 871 g/mol. The quantitative estimate of drug-likeness (QED) is 0.114. The summed E-state index contributed by atoms with van der Waals surface area (Å²) in [5.41, 5.74) is 2.34. The molecule has 2 aromatic carbocycles. The molecule has 2 atom stereocenters. The molecule has 3 N–H and O–H groups in total. The first-order valence-electron chi connectivity index (χ1n) is 23.7. The Morgan fingerprint density at radius 3 is 2.36 bits per heavy atom. The summed E-state index contributed by atoms with van der Waals surface area (Å²) < 4.78 is 70.2. The number of likely N-dealkylation sites (tertiary alicyclic amines) is 1. The average Bonchev–Trinajstić information content (AvgIpc) is 4.12. The molecule has 354 valence electrons. The highest BCUT2D eigenvalue weighted by Crippen LogP contribution is 2.46. The van der Waals surface area contributed by atoms with Crippen molar-refractivity contribution in [2.45, 2.75) is 82.1 Å². The Morgan fingerprint density at radius 1 is 0.881 bits per heavy atom. The number of benzene rings is 2. The molecule has 1 aliphatic carbocycles. The first-order chi connectivity index (χ1) is 32.2. The van der Waals surface area contributed by atoms with Crippen LogP contribution in [-0.4, -0.2) is 105 Å². The molecule has 0 bridgehead atoms. The van der Waals surface area contributed by atoms with E-state index in [2.05, 4.69) is 45.7 Å². The number of hydrogen-bond acceptors (Lipinski definition) is 12. The number of fused-ring (bicyclic) bond motifs is 4. The van der Waals surface area contributed by atoms with Crippen LogP contribution in [0.2, 0.25) is 0 Å². The number of carbonyl (C=O) groups is 2. The summed E-state index contributed by atoms with van der Waals surface area (Å²) in [6.45, 7) is 5.18. The van der Waals surface area contributed by atoms with Crippen LogP contribution in [-0.2, 0) is 23.7 Å². The Kier molecular flexibility index (Phi) is 10.8. The van der Waals surface area contributed by atoms with Crippen molar-refractivity contribution in [1.82, 2.24) is 34.5 Å². The number of amides is 2. The van der Waals surface area contributed by atoms with E-state index in [-0.39, 0.29) is 52.6 Å². The van der Waals surface area contributed by atoms with Gasteiger partial charge in [-0.05, 0) is 118 Å². The number of anilines is 5. The van der Waals surface area contributed by atoms with E-state index in [9.17, 15) is 14.4 Å². The molecule has 0 radical (unpaired) electrons. The molecule has 19 heteroatoms. The van der Waals surface area contributed by atoms with Crippen LogP contribution in [0.1, 0.15) is 75.8 Å². The summed E-state index contributed by atoms with van der Waals surface area (Å²) >= 11 is 0. The second-order valence-corrected chi connectivity index (χ2v) is 19.8. The number of aryl methyl sites for hydroxylation is 2. The summed E-state index contributed by atoms with van der Waals surface area (Å²) in [5.74, 6) is -4.83. The number of halogens is 4. The summed E-state index contributed by atoms with van der Waals surface area (Å²) in [5, 5.41) is 14.1. The highest BCUT2D eigenvalue weighted by Gasteiger charge is 2.51. The lowest BCUT2D eigenvalue weighted by atomic mass is 9.71. The minimum atomic E-state index is -3.17. The number of piperidine rings is 4. The zero-order valence-corrected chi connectivity index (χ0v) is 37.7. The van der Waals surface area contributed by atoms with E-state index in [4.69, 9.17) is 4.74 Å². The molecule has 8 heterocycles. The van der Waals surface area contributed by atoms with Crippen LogP contribution in [0.4, 0.5) is 46.4 Å². The lowest BCUT2D eigenvalue weighted by Gasteiger charge is -2.47. The smallest absolute Gasteiger partial charge is 0.301 e. The first kappa shape index (κ1) is 43.6. The third-order valence-corrected chi connectivity index (χ3v) is 15.6. The van der Waals surface area contributed by atoms with Crippen molar-refractivity contribution in [1.29, 1.82) is 0 Å². The van der Waals surface area contributed by atoms with Gasteiger partial charge in [0.25, 0.3) is 5.56 Å². The number of alkyl halides is 2. The minimum absolute atomic E-state index is 0.00785. The number of nitrogens with zero attached hydrogens (tertiary/aromatic N) is 8. The molecular formula is C48H55F4N11O4. The molecule has 67 heavy (non-hydrogen) atoms. The van der Waals surface area contributed by atoms with Crippen LogP contribution in [0.15, 0.2) is 41.3 Å². The van der Waals surface area contributed by atoms with Crippen molar-refractivity contribution in [2.24, 2.45) is 31.3 Å². The molecule has 1 unspecified atom stereocenters. The fourth-order valence-electron chi connectivity index (χ4n) is 11.4. The predicted octanol–water partition coefficient (Wildman–Crippen LogP) is 6.57. The molecule has 5 fully saturated rings. The summed E-state index contributed by atoms with van der Waals surface area (Å²) in [6, 6.07) is 7.61. The molecule has 15 nitrogen and oxygen atoms in total. The van der Waals surface area contributed by atoms with E-state index in [1.807, 2.05) is 6.07 Å². The van der Waals surface area contributed by atoms with E-state index in [1.54, 1.807) is 38.4 Å². The fourth-order valence-corrected chi connectivity index (χ4v) is 11.4. The van der Waals surface area contributed by atoms with Gasteiger partial charge in [-0.25, -0.2) is 22.5 Å². The first-order valence-corrected chi connectivity index (χ1v) is 23.7. The minimum Gasteiger partial charge on any atom is -0.480 e. The summed E-state index contributed by atoms with van der Waals surface area (Å²) in [6.07, 6.45) is 9.20. The Labute approximate surface area is 384 Å². The number of aromatic nitrogens is 5. The maximum atomic E-state index is 16.2. The number of ether oxygens (including phenoxy) is 1. The number of imide groups is 1. The van der Waals surface area contributed by atoms with Crippen LogP contribution in [0.5, 0.6) is 5.75 Å². The van der Waals surface area contributed by atoms with Gasteiger partial charge in [-0.1, -0.05) is 0 Å². The maximum Gasteiger partial charge on any atom is 0.301 e. The number of hydrogen-bond donors (Lipinski definition) is 3. The molecule has 3 aromatic heterocycles. The van der Waals surface area contributed by atoms with Crippen molar-refractivity contribution >= 4 is 62.4 Å². The van der Waals surface area contributed by atoms with E-state index >= 15 is 17.6 Å². The third kappa shape index (κ3) is 7.99. The Hall–Kier alpha value is -5.98. The molecule has 1 spiro atoms. The van der Waals surface area contributed by atoms with Gasteiger partial charge in [-0.2, -0.15) is 10.1 Å². The van der Waals surface area contributed by atoms with Crippen molar-refractivity contribution in [3.8, 4) is 5.75 Å². The van der Waals surface area contributed by atoms with Gasteiger partial charge in [0.2, 0.25) is 23.5 Å². The van der Waals surface area contributed by atoms with Crippen LogP contribution in [0.3, 0.4) is 0 Å². The van der Waals surface area contributed by atoms with Crippen molar-refractivity contribution in [2.75, 3.05) is 72.9 Å². The highest BCUT2D eigenvalue weighted by atomic mass is 19.3. The maximum absolute atomic E-state index is 16.2. The summed E-state index contributed by atoms with van der Waals surface area (Å²) in [7, 11) is 3.26. The van der Waals surface area contributed by atoms with Gasteiger partial charge in [-0.15, -0.1) is 0 Å². The lowest BCUT2D eigenvalue weighted by Crippen LogP contribution is -2.48. The molecule has 4 saturated heterocycles. The second kappa shape index (κ2) is 16.7. The number of rotatable bonds is 8. The highest BCUT2D eigenvalue weighted by molar-refractivity contribution is 6.03. The van der Waals surface area contributed by atoms with Gasteiger partial charge in [-0.3, -0.25) is 24.4 Å². The van der Waals surface area contributed by atoms with Gasteiger partial charge < -0.3 is 34.6 Å². The van der Waals surface area contributed by atoms with Crippen molar-refractivity contribution in [3.05, 3.63) is 64.2 Å². The van der Waals surface area contributed by atoms with Crippen LogP contribution in [0.25, 0.3) is 21.8 Å². The van der Waals surface area contributed by atoms with Gasteiger partial charge >= 0.3 is 5.92 Å². The zero-order chi connectivity index (χ0) is 46.4. The van der Waals surface area contributed by atoms with E-state index in [0.29, 0.717) is 70.0 Å². The van der Waals surface area contributed by atoms with E-state index in [0.717, 1.165) is 84.3 Å². The zero-order valence-electron chi connectivity index (χ0n) is 37.7. The van der Waals surface area contributed by atoms with Gasteiger partial charge in [0.05, 0.1) is 40.7 Å². The van der Waals surface area contributed by atoms with Gasteiger partial charge in [0.15, 0.2) is 24.1 Å². The second-order valence-electron chi connectivity index (χ2n) is 19.8. The SMILES string of the molecule is Cn1nc(C2CCC(=O)NC2=O)c2ccc(N3CCC(CN4CCC5(CC4)CCN(c4ncc(F)c(Nc6ccc7c(c6)c6c(c(=O)n7C)OCC(F)(F)[C@H](C7CC7)N6)n4)CC5)CC3)c(F)c21. The van der Waals surface area contributed by atoms with Crippen LogP contribution >= 0.6 is 0 Å². The monoisotopic (exact) mass is 925 g/mol. The molecule has 5 aromatic rings. The standard InChI is InChI=1S/C48H55F4N11O4/c1-59-34-8-5-29(23-32(34)39-41(45(59)66)67-26-48(51,52)42(56-39)28-3-4-28)54-43-33(49)24-53-46(57-43)63-21-15-47(16-22-63)13-19-61(20-14-47)25-27-11-17-62(18-12-27)35-9-6-30-38(58-60(2)40(30)37(35)50)31-7-10-36(64)55-44(31)65/h5-6,8-9,23-24,27-28,31,42,56H,3-4,7,10-22,25-26H2,1-2H3,(H,53,54,57)(H,55,64,65)/t31?,42-/m0/s1. The van der Waals surface area contributed by atoms with Crippen LogP contribution in [0, 0.1) is 28.9 Å². The number of carbonyl (C=O) groups excluding carboxylic acids is 2. The fraction of sp³-hybridized carbons (Fsp3) is 0.542. The predicted molar refractivity (Wildman–Crippen MR) is 245 cm³/mol. The Balaban J connectivity index is 0.691. The van der Waals surface area contributed by atoms with E-state index in [1.165, 1.54) is 15.4 Å². The molecule has 11 rings (SSSR count). The third-order valence-electron chi connectivity index (χ3n) is 15.6. The lowest BCUT2D eigenvalue weighted by molar-refractivity contribution is -0.134. The molecule has 6 aliphatic rings. The number of pyridine rings is 1. The van der Waals surface area contributed by atoms with Gasteiger partial charge in [0.1, 0.15) is 5.52 Å². The van der Waals surface area contributed by atoms with Gasteiger partial charge in [0, 0.05) is 69.7 Å². The largest absolute Gasteiger partial charge is 0.480 e. The molecule has 1 saturated carbocycles. The van der Waals surface area contributed by atoms with Crippen molar-refractivity contribution in [3.63, 3.8) is 0 Å².